The lowest BCUT2D eigenvalue weighted by atomic mass is 9.60. The maximum Gasteiger partial charge on any atom is 0.0661 e. The van der Waals surface area contributed by atoms with E-state index in [4.69, 9.17) is 4.74 Å². The minimum absolute atomic E-state index is 0.500. The van der Waals surface area contributed by atoms with Crippen molar-refractivity contribution in [3.05, 3.63) is 0 Å². The Morgan fingerprint density at radius 2 is 1.95 bits per heavy atom. The molecule has 0 aliphatic heterocycles. The first kappa shape index (κ1) is 15.2. The molecule has 0 heterocycles. The summed E-state index contributed by atoms with van der Waals surface area (Å²) >= 11 is 2.17. The molecule has 3 heteroatoms. The molecule has 0 saturated heterocycles. The average molecular weight is 298 g/mol. The molecule has 4 atom stereocenters. The molecule has 0 aromatic rings. The molecule has 4 unspecified atom stereocenters. The van der Waals surface area contributed by atoms with E-state index in [9.17, 15) is 0 Å². The first-order chi connectivity index (χ1) is 9.80. The summed E-state index contributed by atoms with van der Waals surface area (Å²) in [5.74, 6) is 1.26. The van der Waals surface area contributed by atoms with Crippen LogP contribution < -0.4 is 5.32 Å². The van der Waals surface area contributed by atoms with E-state index in [1.54, 1.807) is 0 Å². The van der Waals surface area contributed by atoms with Gasteiger partial charge in [-0.05, 0) is 44.8 Å². The third-order valence-corrected chi connectivity index (χ3v) is 7.26. The summed E-state index contributed by atoms with van der Waals surface area (Å²) in [4.78, 5) is 0. The smallest absolute Gasteiger partial charge is 0.0661 e. The average Bonchev–Trinajstić information content (AvgIpc) is 3.09. The Kier molecular flexibility index (Phi) is 4.99. The standard InChI is InChI=1S/C17H31NOS/c1-3-19-16-12-15(17(16)10-5-6-11-17)18-13-8-7-9-14(13)20-4-2/h13-16,18H,3-12H2,1-2H3. The predicted octanol–water partition coefficient (Wildman–Crippen LogP) is 3.99. The number of thioether (sulfide) groups is 1. The van der Waals surface area contributed by atoms with E-state index in [0.717, 1.165) is 23.9 Å². The SMILES string of the molecule is CCOC1CC(NC2CCCC2SCC)C12CCCC2. The van der Waals surface area contributed by atoms with Crippen molar-refractivity contribution in [2.75, 3.05) is 12.4 Å². The fourth-order valence-electron chi connectivity index (χ4n) is 4.91. The maximum atomic E-state index is 6.04. The maximum absolute atomic E-state index is 6.04. The van der Waals surface area contributed by atoms with Crippen LogP contribution in [0.4, 0.5) is 0 Å². The zero-order valence-corrected chi connectivity index (χ0v) is 14.0. The fraction of sp³-hybridized carbons (Fsp3) is 1.00. The van der Waals surface area contributed by atoms with Gasteiger partial charge in [-0.2, -0.15) is 11.8 Å². The molecular formula is C17H31NOS. The number of hydrogen-bond acceptors (Lipinski definition) is 3. The van der Waals surface area contributed by atoms with Crippen LogP contribution in [0.2, 0.25) is 0 Å². The van der Waals surface area contributed by atoms with E-state index in [2.05, 4.69) is 30.9 Å². The molecule has 2 nitrogen and oxygen atoms in total. The normalized spacial score (nSPS) is 39.3. The summed E-state index contributed by atoms with van der Waals surface area (Å²) in [5, 5.41) is 4.94. The monoisotopic (exact) mass is 297 g/mol. The van der Waals surface area contributed by atoms with Crippen LogP contribution >= 0.6 is 11.8 Å². The van der Waals surface area contributed by atoms with Crippen LogP contribution in [0.1, 0.15) is 65.2 Å². The van der Waals surface area contributed by atoms with Crippen LogP contribution in [0.3, 0.4) is 0 Å². The quantitative estimate of drug-likeness (QED) is 0.801. The lowest BCUT2D eigenvalue weighted by Crippen LogP contribution is -2.64. The molecule has 0 amide bonds. The van der Waals surface area contributed by atoms with E-state index in [0.29, 0.717) is 11.5 Å². The van der Waals surface area contributed by atoms with Crippen LogP contribution in [0.5, 0.6) is 0 Å². The van der Waals surface area contributed by atoms with Gasteiger partial charge in [0.25, 0.3) is 0 Å². The molecule has 3 aliphatic carbocycles. The van der Waals surface area contributed by atoms with Crippen molar-refractivity contribution >= 4 is 11.8 Å². The third kappa shape index (κ3) is 2.66. The van der Waals surface area contributed by atoms with E-state index in [-0.39, 0.29) is 0 Å². The Morgan fingerprint density at radius 3 is 2.65 bits per heavy atom. The second-order valence-corrected chi connectivity index (χ2v) is 8.39. The molecule has 1 spiro atoms. The van der Waals surface area contributed by atoms with Gasteiger partial charge in [-0.3, -0.25) is 0 Å². The lowest BCUT2D eigenvalue weighted by Gasteiger charge is -2.55. The van der Waals surface area contributed by atoms with Crippen LogP contribution in [0.15, 0.2) is 0 Å². The second-order valence-electron chi connectivity index (χ2n) is 6.87. The van der Waals surface area contributed by atoms with Gasteiger partial charge in [0, 0.05) is 29.4 Å². The third-order valence-electron chi connectivity index (χ3n) is 5.94. The van der Waals surface area contributed by atoms with Crippen molar-refractivity contribution in [1.82, 2.24) is 5.32 Å². The Bertz CT molecular complexity index is 316. The van der Waals surface area contributed by atoms with Crippen molar-refractivity contribution in [2.45, 2.75) is 88.7 Å². The van der Waals surface area contributed by atoms with Crippen molar-refractivity contribution in [2.24, 2.45) is 5.41 Å². The number of hydrogen-bond donors (Lipinski definition) is 1. The molecule has 3 fully saturated rings. The fourth-order valence-corrected chi connectivity index (χ4v) is 6.12. The van der Waals surface area contributed by atoms with Crippen LogP contribution in [0.25, 0.3) is 0 Å². The molecule has 0 aromatic heterocycles. The molecule has 3 saturated carbocycles. The van der Waals surface area contributed by atoms with Gasteiger partial charge in [0.2, 0.25) is 0 Å². The number of ether oxygens (including phenoxy) is 1. The first-order valence-electron chi connectivity index (χ1n) is 8.79. The highest BCUT2D eigenvalue weighted by Crippen LogP contribution is 2.55. The van der Waals surface area contributed by atoms with Gasteiger partial charge >= 0.3 is 0 Å². The van der Waals surface area contributed by atoms with Crippen molar-refractivity contribution in [3.63, 3.8) is 0 Å². The molecular weight excluding hydrogens is 266 g/mol. The first-order valence-corrected chi connectivity index (χ1v) is 9.84. The van der Waals surface area contributed by atoms with E-state index < -0.39 is 0 Å². The van der Waals surface area contributed by atoms with Crippen LogP contribution in [0, 0.1) is 5.41 Å². The van der Waals surface area contributed by atoms with Crippen LogP contribution in [-0.2, 0) is 4.74 Å². The van der Waals surface area contributed by atoms with Crippen LogP contribution in [-0.4, -0.2) is 35.8 Å². The molecule has 3 rings (SSSR count). The van der Waals surface area contributed by atoms with E-state index in [1.807, 2.05) is 0 Å². The zero-order valence-electron chi connectivity index (χ0n) is 13.2. The van der Waals surface area contributed by atoms with Gasteiger partial charge in [-0.15, -0.1) is 0 Å². The lowest BCUT2D eigenvalue weighted by molar-refractivity contribution is -0.132. The summed E-state index contributed by atoms with van der Waals surface area (Å²) in [6, 6.07) is 1.51. The molecule has 1 N–H and O–H groups in total. The molecule has 20 heavy (non-hydrogen) atoms. The van der Waals surface area contributed by atoms with Crippen molar-refractivity contribution in [1.29, 1.82) is 0 Å². The Hall–Kier alpha value is 0.270. The summed E-state index contributed by atoms with van der Waals surface area (Å²) in [6.07, 6.45) is 11.7. The van der Waals surface area contributed by atoms with Gasteiger partial charge < -0.3 is 10.1 Å². The van der Waals surface area contributed by atoms with Gasteiger partial charge in [0.1, 0.15) is 0 Å². The minimum Gasteiger partial charge on any atom is -0.378 e. The van der Waals surface area contributed by atoms with Gasteiger partial charge in [0.05, 0.1) is 6.10 Å². The highest BCUT2D eigenvalue weighted by Gasteiger charge is 2.57. The topological polar surface area (TPSA) is 21.3 Å². The minimum atomic E-state index is 0.500. The predicted molar refractivity (Wildman–Crippen MR) is 87.4 cm³/mol. The summed E-state index contributed by atoms with van der Waals surface area (Å²) in [5.41, 5.74) is 0.500. The van der Waals surface area contributed by atoms with Gasteiger partial charge in [0.15, 0.2) is 0 Å². The Labute approximate surface area is 128 Å². The molecule has 3 aliphatic rings. The van der Waals surface area contributed by atoms with Crippen molar-refractivity contribution < 1.29 is 4.74 Å². The number of nitrogens with one attached hydrogen (secondary N) is 1. The van der Waals surface area contributed by atoms with Crippen molar-refractivity contribution in [3.8, 4) is 0 Å². The second kappa shape index (κ2) is 6.58. The Balaban J connectivity index is 1.60. The summed E-state index contributed by atoms with van der Waals surface area (Å²) in [7, 11) is 0. The number of rotatable bonds is 6. The zero-order chi connectivity index (χ0) is 14.0. The largest absolute Gasteiger partial charge is 0.378 e. The highest BCUT2D eigenvalue weighted by atomic mass is 32.2. The van der Waals surface area contributed by atoms with Gasteiger partial charge in [-0.1, -0.05) is 26.2 Å². The summed E-state index contributed by atoms with van der Waals surface area (Å²) in [6.45, 7) is 5.33. The van der Waals surface area contributed by atoms with E-state index >= 15 is 0 Å². The Morgan fingerprint density at radius 1 is 1.15 bits per heavy atom. The summed E-state index contributed by atoms with van der Waals surface area (Å²) < 4.78 is 6.04. The molecule has 0 bridgehead atoms. The van der Waals surface area contributed by atoms with Gasteiger partial charge in [-0.25, -0.2) is 0 Å². The molecule has 116 valence electrons. The molecule has 0 aromatic carbocycles. The molecule has 0 radical (unpaired) electrons. The van der Waals surface area contributed by atoms with E-state index in [1.165, 1.54) is 57.1 Å². The highest BCUT2D eigenvalue weighted by molar-refractivity contribution is 7.99.